The number of anilines is 1. The summed E-state index contributed by atoms with van der Waals surface area (Å²) in [6.07, 6.45) is 5.59. The van der Waals surface area contributed by atoms with Gasteiger partial charge in [0.05, 0.1) is 5.25 Å². The summed E-state index contributed by atoms with van der Waals surface area (Å²) in [7, 11) is -3.20. The number of nitrogens with zero attached hydrogens (tertiary/aromatic N) is 2. The second-order valence-electron chi connectivity index (χ2n) is 7.40. The first-order valence-corrected chi connectivity index (χ1v) is 11.0. The Hall–Kier alpha value is -1.93. The van der Waals surface area contributed by atoms with Crippen molar-refractivity contribution in [1.29, 1.82) is 0 Å². The quantitative estimate of drug-likeness (QED) is 0.755. The van der Waals surface area contributed by atoms with Gasteiger partial charge in [-0.05, 0) is 57.6 Å². The molecule has 1 aromatic heterocycles. The third kappa shape index (κ3) is 5.07. The van der Waals surface area contributed by atoms with Crippen LogP contribution in [0.4, 0.5) is 10.2 Å². The Morgan fingerprint density at radius 3 is 2.56 bits per heavy atom. The molecule has 0 spiro atoms. The fourth-order valence-electron chi connectivity index (χ4n) is 3.29. The smallest absolute Gasteiger partial charge is 0.213 e. The van der Waals surface area contributed by atoms with Gasteiger partial charge in [0, 0.05) is 24.8 Å². The molecule has 1 aliphatic carbocycles. The molecule has 27 heavy (non-hydrogen) atoms. The SMILES string of the molecule is CC(C)S(=O)(=O)NCC1CCC(Nc2ccn(-c3ccccc3F)n2)CC1. The predicted molar refractivity (Wildman–Crippen MR) is 105 cm³/mol. The molecule has 1 aliphatic rings. The molecule has 6 nitrogen and oxygen atoms in total. The number of benzene rings is 1. The van der Waals surface area contributed by atoms with Crippen molar-refractivity contribution in [1.82, 2.24) is 14.5 Å². The number of hydrogen-bond donors (Lipinski definition) is 2. The molecule has 0 aliphatic heterocycles. The Morgan fingerprint density at radius 2 is 1.89 bits per heavy atom. The second kappa shape index (κ2) is 8.39. The maximum absolute atomic E-state index is 13.9. The van der Waals surface area contributed by atoms with Crippen molar-refractivity contribution >= 4 is 15.8 Å². The summed E-state index contributed by atoms with van der Waals surface area (Å²) in [5.41, 5.74) is 0.423. The number of halogens is 1. The molecule has 1 aromatic carbocycles. The van der Waals surface area contributed by atoms with E-state index in [1.54, 1.807) is 38.2 Å². The van der Waals surface area contributed by atoms with Crippen LogP contribution in [0.5, 0.6) is 0 Å². The highest BCUT2D eigenvalue weighted by Crippen LogP contribution is 2.26. The molecule has 3 rings (SSSR count). The van der Waals surface area contributed by atoms with Gasteiger partial charge in [-0.2, -0.15) is 5.10 Å². The average molecular weight is 395 g/mol. The van der Waals surface area contributed by atoms with Crippen LogP contribution >= 0.6 is 0 Å². The highest BCUT2D eigenvalue weighted by Gasteiger charge is 2.24. The molecular formula is C19H27FN4O2S. The maximum Gasteiger partial charge on any atom is 0.213 e. The molecule has 1 heterocycles. The number of para-hydroxylation sites is 1. The summed E-state index contributed by atoms with van der Waals surface area (Å²) in [6.45, 7) is 3.88. The topological polar surface area (TPSA) is 76.0 Å². The van der Waals surface area contributed by atoms with Crippen LogP contribution in [0.25, 0.3) is 5.69 Å². The Kier molecular flexibility index (Phi) is 6.16. The zero-order valence-electron chi connectivity index (χ0n) is 15.7. The van der Waals surface area contributed by atoms with Gasteiger partial charge in [0.2, 0.25) is 10.0 Å². The Balaban J connectivity index is 1.49. The third-order valence-electron chi connectivity index (χ3n) is 5.08. The monoisotopic (exact) mass is 394 g/mol. The van der Waals surface area contributed by atoms with Crippen molar-refractivity contribution in [3.05, 3.63) is 42.3 Å². The van der Waals surface area contributed by atoms with Crippen LogP contribution in [0.15, 0.2) is 36.5 Å². The van der Waals surface area contributed by atoms with Crippen LogP contribution in [-0.2, 0) is 10.0 Å². The van der Waals surface area contributed by atoms with Crippen molar-refractivity contribution in [2.45, 2.75) is 50.8 Å². The van der Waals surface area contributed by atoms with Gasteiger partial charge in [-0.15, -0.1) is 0 Å². The molecule has 2 N–H and O–H groups in total. The Labute approximate surface area is 160 Å². The van der Waals surface area contributed by atoms with Crippen molar-refractivity contribution in [3.8, 4) is 5.69 Å². The fourth-order valence-corrected chi connectivity index (χ4v) is 4.09. The van der Waals surface area contributed by atoms with Gasteiger partial charge in [-0.1, -0.05) is 12.1 Å². The van der Waals surface area contributed by atoms with Crippen LogP contribution in [0, 0.1) is 11.7 Å². The lowest BCUT2D eigenvalue weighted by atomic mass is 9.86. The van der Waals surface area contributed by atoms with Crippen molar-refractivity contribution < 1.29 is 12.8 Å². The minimum absolute atomic E-state index is 0.298. The van der Waals surface area contributed by atoms with Gasteiger partial charge < -0.3 is 5.32 Å². The first-order valence-electron chi connectivity index (χ1n) is 9.41. The summed E-state index contributed by atoms with van der Waals surface area (Å²) in [4.78, 5) is 0. The number of hydrogen-bond acceptors (Lipinski definition) is 4. The molecule has 1 fully saturated rings. The molecule has 2 aromatic rings. The molecule has 148 valence electrons. The van der Waals surface area contributed by atoms with E-state index >= 15 is 0 Å². The lowest BCUT2D eigenvalue weighted by Crippen LogP contribution is -2.37. The summed E-state index contributed by atoms with van der Waals surface area (Å²) < 4.78 is 41.8. The van der Waals surface area contributed by atoms with Crippen LogP contribution in [0.3, 0.4) is 0 Å². The van der Waals surface area contributed by atoms with E-state index in [1.165, 1.54) is 10.7 Å². The first kappa shape index (κ1) is 19.8. The number of sulfonamides is 1. The van der Waals surface area contributed by atoms with Gasteiger partial charge in [0.1, 0.15) is 17.3 Å². The van der Waals surface area contributed by atoms with Crippen molar-refractivity contribution in [2.24, 2.45) is 5.92 Å². The second-order valence-corrected chi connectivity index (χ2v) is 9.72. The molecule has 0 unspecified atom stereocenters. The minimum Gasteiger partial charge on any atom is -0.366 e. The standard InChI is InChI=1S/C19H27FN4O2S/c1-14(2)27(25,26)21-13-15-7-9-16(10-8-15)22-19-11-12-24(23-19)18-6-4-3-5-17(18)20/h3-6,11-12,14-16,21H,7-10,13H2,1-2H3,(H,22,23). The van der Waals surface area contributed by atoms with E-state index in [9.17, 15) is 12.8 Å². The summed E-state index contributed by atoms with van der Waals surface area (Å²) in [5, 5.41) is 7.42. The van der Waals surface area contributed by atoms with Crippen LogP contribution in [0.1, 0.15) is 39.5 Å². The van der Waals surface area contributed by atoms with E-state index in [0.29, 0.717) is 24.2 Å². The van der Waals surface area contributed by atoms with Crippen molar-refractivity contribution in [3.63, 3.8) is 0 Å². The maximum atomic E-state index is 13.9. The van der Waals surface area contributed by atoms with Gasteiger partial charge >= 0.3 is 0 Å². The van der Waals surface area contributed by atoms with E-state index in [0.717, 1.165) is 31.5 Å². The van der Waals surface area contributed by atoms with Gasteiger partial charge in [-0.25, -0.2) is 22.2 Å². The van der Waals surface area contributed by atoms with E-state index in [4.69, 9.17) is 0 Å². The lowest BCUT2D eigenvalue weighted by molar-refractivity contribution is 0.336. The third-order valence-corrected chi connectivity index (χ3v) is 6.89. The normalized spacial score (nSPS) is 20.7. The van der Waals surface area contributed by atoms with Crippen LogP contribution in [-0.4, -0.2) is 36.0 Å². The van der Waals surface area contributed by atoms with Gasteiger partial charge in [0.25, 0.3) is 0 Å². The lowest BCUT2D eigenvalue weighted by Gasteiger charge is -2.29. The number of rotatable bonds is 7. The van der Waals surface area contributed by atoms with Crippen LogP contribution < -0.4 is 10.0 Å². The molecule has 0 atom stereocenters. The predicted octanol–water partition coefficient (Wildman–Crippen LogP) is 3.31. The van der Waals surface area contributed by atoms with E-state index in [2.05, 4.69) is 15.1 Å². The van der Waals surface area contributed by atoms with Gasteiger partial charge in [0.15, 0.2) is 0 Å². The van der Waals surface area contributed by atoms with Crippen molar-refractivity contribution in [2.75, 3.05) is 11.9 Å². The zero-order chi connectivity index (χ0) is 19.4. The Bertz CT molecular complexity index is 858. The number of nitrogens with one attached hydrogen (secondary N) is 2. The molecule has 1 saturated carbocycles. The first-order chi connectivity index (χ1) is 12.8. The Morgan fingerprint density at radius 1 is 1.19 bits per heavy atom. The molecular weight excluding hydrogens is 367 g/mol. The highest BCUT2D eigenvalue weighted by molar-refractivity contribution is 7.90. The van der Waals surface area contributed by atoms with Gasteiger partial charge in [-0.3, -0.25) is 0 Å². The molecule has 0 bridgehead atoms. The number of aromatic nitrogens is 2. The highest BCUT2D eigenvalue weighted by atomic mass is 32.2. The summed E-state index contributed by atoms with van der Waals surface area (Å²) >= 11 is 0. The molecule has 8 heteroatoms. The fraction of sp³-hybridized carbons (Fsp3) is 0.526. The zero-order valence-corrected chi connectivity index (χ0v) is 16.5. The van der Waals surface area contributed by atoms with E-state index in [1.807, 2.05) is 6.07 Å². The molecule has 0 radical (unpaired) electrons. The van der Waals surface area contributed by atoms with Crippen LogP contribution in [0.2, 0.25) is 0 Å². The largest absolute Gasteiger partial charge is 0.366 e. The van der Waals surface area contributed by atoms with E-state index in [-0.39, 0.29) is 5.82 Å². The van der Waals surface area contributed by atoms with E-state index < -0.39 is 15.3 Å². The molecule has 0 saturated heterocycles. The average Bonchev–Trinajstić information content (AvgIpc) is 3.09. The summed E-state index contributed by atoms with van der Waals surface area (Å²) in [6, 6.07) is 8.68. The minimum atomic E-state index is -3.20. The molecule has 0 amide bonds. The summed E-state index contributed by atoms with van der Waals surface area (Å²) in [5.74, 6) is 0.784.